The topological polar surface area (TPSA) is 71.5 Å². The second-order valence-corrected chi connectivity index (χ2v) is 7.13. The van der Waals surface area contributed by atoms with Gasteiger partial charge in [0.05, 0.1) is 19.3 Å². The number of aliphatic hydroxyl groups excluding tert-OH is 1. The first-order valence-electron chi connectivity index (χ1n) is 8.77. The Kier molecular flexibility index (Phi) is 6.12. The third kappa shape index (κ3) is 4.74. The van der Waals surface area contributed by atoms with Crippen molar-refractivity contribution in [2.45, 2.75) is 37.8 Å². The average Bonchev–Trinajstić information content (AvgIpc) is 2.63. The lowest BCUT2D eigenvalue weighted by atomic mass is 9.75. The predicted octanol–water partition coefficient (Wildman–Crippen LogP) is 3.30. The summed E-state index contributed by atoms with van der Waals surface area (Å²) in [7, 11) is 1.57. The molecule has 0 aliphatic heterocycles. The molecule has 1 aliphatic rings. The van der Waals surface area contributed by atoms with E-state index < -0.39 is 0 Å². The molecule has 1 heterocycles. The van der Waals surface area contributed by atoms with Crippen LogP contribution in [-0.4, -0.2) is 29.2 Å². The number of ether oxygens (including phenoxy) is 1. The van der Waals surface area contributed by atoms with Gasteiger partial charge in [0.15, 0.2) is 0 Å². The first-order valence-corrected chi connectivity index (χ1v) is 9.14. The monoisotopic (exact) mass is 374 g/mol. The number of methoxy groups -OCH3 is 1. The van der Waals surface area contributed by atoms with Gasteiger partial charge in [0.1, 0.15) is 0 Å². The van der Waals surface area contributed by atoms with E-state index in [1.165, 1.54) is 0 Å². The number of nitrogens with zero attached hydrogens (tertiary/aromatic N) is 1. The molecule has 6 heteroatoms. The van der Waals surface area contributed by atoms with Crippen LogP contribution in [0, 0.1) is 5.92 Å². The molecule has 1 aromatic heterocycles. The summed E-state index contributed by atoms with van der Waals surface area (Å²) >= 11 is 5.89. The van der Waals surface area contributed by atoms with Crippen LogP contribution in [0.4, 0.5) is 0 Å². The van der Waals surface area contributed by atoms with E-state index in [2.05, 4.69) is 10.3 Å². The lowest BCUT2D eigenvalue weighted by molar-refractivity contribution is -0.123. The number of benzene rings is 1. The summed E-state index contributed by atoms with van der Waals surface area (Å²) in [5.41, 5.74) is 2.01. The van der Waals surface area contributed by atoms with E-state index >= 15 is 0 Å². The van der Waals surface area contributed by atoms with Crippen LogP contribution in [0.3, 0.4) is 0 Å². The second kappa shape index (κ2) is 8.52. The minimum absolute atomic E-state index is 0.0119. The molecule has 1 unspecified atom stereocenters. The van der Waals surface area contributed by atoms with Crippen LogP contribution in [0.25, 0.3) is 0 Å². The molecule has 0 radical (unpaired) electrons. The van der Waals surface area contributed by atoms with Crippen molar-refractivity contribution < 1.29 is 14.6 Å². The van der Waals surface area contributed by atoms with Crippen LogP contribution in [0.1, 0.15) is 36.4 Å². The number of halogens is 1. The number of aryl methyl sites for hydroxylation is 1. The number of nitrogens with one attached hydrogen (secondary N) is 1. The molecule has 2 N–H and O–H groups in total. The van der Waals surface area contributed by atoms with E-state index in [-0.39, 0.29) is 24.0 Å². The number of amides is 1. The molecule has 3 rings (SSSR count). The van der Waals surface area contributed by atoms with Crippen LogP contribution in [0.15, 0.2) is 42.6 Å². The maximum Gasteiger partial charge on any atom is 0.220 e. The number of hydrogen-bond acceptors (Lipinski definition) is 4. The zero-order valence-electron chi connectivity index (χ0n) is 14.7. The van der Waals surface area contributed by atoms with Crippen molar-refractivity contribution in [2.75, 3.05) is 7.11 Å². The largest absolute Gasteiger partial charge is 0.481 e. The average molecular weight is 375 g/mol. The van der Waals surface area contributed by atoms with E-state index in [1.807, 2.05) is 30.3 Å². The zero-order chi connectivity index (χ0) is 18.5. The lowest BCUT2D eigenvalue weighted by Crippen LogP contribution is -2.41. The third-order valence-electron chi connectivity index (χ3n) is 4.82. The zero-order valence-corrected chi connectivity index (χ0v) is 15.4. The van der Waals surface area contributed by atoms with Gasteiger partial charge in [-0.15, -0.1) is 0 Å². The van der Waals surface area contributed by atoms with Gasteiger partial charge in [-0.05, 0) is 48.4 Å². The summed E-state index contributed by atoms with van der Waals surface area (Å²) in [6, 6.07) is 11.1. The molecule has 1 atom stereocenters. The lowest BCUT2D eigenvalue weighted by Gasteiger charge is -2.38. The standard InChI is InChI=1S/C20H23ClN2O3/c1-26-19-9-5-14(12-22-19)20(15-10-17(24)11-15)23-18(25)8-4-13-2-6-16(21)7-3-13/h2-3,5-7,9,12,15,17,20,24H,4,8,10-11H2,1H3,(H,23,25). The Bertz CT molecular complexity index is 728. The summed E-state index contributed by atoms with van der Waals surface area (Å²) in [4.78, 5) is 16.7. The number of hydrogen-bond donors (Lipinski definition) is 2. The molecule has 5 nitrogen and oxygen atoms in total. The van der Waals surface area contributed by atoms with Crippen LogP contribution in [0.2, 0.25) is 5.02 Å². The van der Waals surface area contributed by atoms with Gasteiger partial charge in [0, 0.05) is 23.7 Å². The Hall–Kier alpha value is -2.11. The van der Waals surface area contributed by atoms with Gasteiger partial charge in [-0.25, -0.2) is 4.98 Å². The van der Waals surface area contributed by atoms with Gasteiger partial charge in [-0.3, -0.25) is 4.79 Å². The molecule has 26 heavy (non-hydrogen) atoms. The van der Waals surface area contributed by atoms with E-state index in [1.54, 1.807) is 19.4 Å². The molecule has 1 fully saturated rings. The maximum atomic E-state index is 12.5. The molecular formula is C20H23ClN2O3. The molecular weight excluding hydrogens is 352 g/mol. The third-order valence-corrected chi connectivity index (χ3v) is 5.07. The van der Waals surface area contributed by atoms with Crippen LogP contribution >= 0.6 is 11.6 Å². The highest BCUT2D eigenvalue weighted by Crippen LogP contribution is 2.38. The fourth-order valence-corrected chi connectivity index (χ4v) is 3.35. The molecule has 1 amide bonds. The van der Waals surface area contributed by atoms with Crippen LogP contribution in [0.5, 0.6) is 5.88 Å². The van der Waals surface area contributed by atoms with Gasteiger partial charge in [-0.2, -0.15) is 0 Å². The fourth-order valence-electron chi connectivity index (χ4n) is 3.23. The molecule has 1 aromatic carbocycles. The van der Waals surface area contributed by atoms with Gasteiger partial charge in [-0.1, -0.05) is 29.8 Å². The van der Waals surface area contributed by atoms with E-state index in [4.69, 9.17) is 16.3 Å². The van der Waals surface area contributed by atoms with E-state index in [0.29, 0.717) is 36.6 Å². The van der Waals surface area contributed by atoms with Crippen molar-refractivity contribution in [1.29, 1.82) is 0 Å². The molecule has 138 valence electrons. The van der Waals surface area contributed by atoms with Crippen molar-refractivity contribution in [3.05, 3.63) is 58.7 Å². The number of rotatable bonds is 7. The Balaban J connectivity index is 1.62. The minimum Gasteiger partial charge on any atom is -0.481 e. The first kappa shape index (κ1) is 18.7. The van der Waals surface area contributed by atoms with Crippen molar-refractivity contribution >= 4 is 17.5 Å². The summed E-state index contributed by atoms with van der Waals surface area (Å²) in [6.45, 7) is 0. The van der Waals surface area contributed by atoms with Gasteiger partial charge >= 0.3 is 0 Å². The number of aromatic nitrogens is 1. The van der Waals surface area contributed by atoms with Crippen molar-refractivity contribution in [3.63, 3.8) is 0 Å². The minimum atomic E-state index is -0.278. The Morgan fingerprint density at radius 1 is 1.31 bits per heavy atom. The maximum absolute atomic E-state index is 12.5. The Morgan fingerprint density at radius 3 is 2.62 bits per heavy atom. The van der Waals surface area contributed by atoms with Gasteiger partial charge < -0.3 is 15.2 Å². The van der Waals surface area contributed by atoms with Crippen LogP contribution in [-0.2, 0) is 11.2 Å². The molecule has 0 spiro atoms. The highest BCUT2D eigenvalue weighted by atomic mass is 35.5. The quantitative estimate of drug-likeness (QED) is 0.780. The smallest absolute Gasteiger partial charge is 0.220 e. The number of carbonyl (C=O) groups excluding carboxylic acids is 1. The van der Waals surface area contributed by atoms with Crippen molar-refractivity contribution in [1.82, 2.24) is 10.3 Å². The Labute approximate surface area is 158 Å². The summed E-state index contributed by atoms with van der Waals surface area (Å²) in [5, 5.41) is 13.5. The van der Waals surface area contributed by atoms with Crippen molar-refractivity contribution in [3.8, 4) is 5.88 Å². The van der Waals surface area contributed by atoms with Gasteiger partial charge in [0.2, 0.25) is 11.8 Å². The fraction of sp³-hybridized carbons (Fsp3) is 0.400. The number of carbonyl (C=O) groups is 1. The summed E-state index contributed by atoms with van der Waals surface area (Å²) in [5.74, 6) is 0.747. The summed E-state index contributed by atoms with van der Waals surface area (Å²) in [6.07, 6.45) is 3.89. The first-order chi connectivity index (χ1) is 12.5. The second-order valence-electron chi connectivity index (χ2n) is 6.69. The SMILES string of the molecule is COc1ccc(C(NC(=O)CCc2ccc(Cl)cc2)C2CC(O)C2)cn1. The molecule has 2 aromatic rings. The molecule has 1 aliphatic carbocycles. The van der Waals surface area contributed by atoms with Crippen LogP contribution < -0.4 is 10.1 Å². The van der Waals surface area contributed by atoms with Gasteiger partial charge in [0.25, 0.3) is 0 Å². The molecule has 0 bridgehead atoms. The van der Waals surface area contributed by atoms with E-state index in [9.17, 15) is 9.90 Å². The number of aliphatic hydroxyl groups is 1. The molecule has 1 saturated carbocycles. The van der Waals surface area contributed by atoms with Crippen molar-refractivity contribution in [2.24, 2.45) is 5.92 Å². The number of pyridine rings is 1. The highest BCUT2D eigenvalue weighted by Gasteiger charge is 2.35. The predicted molar refractivity (Wildman–Crippen MR) is 100 cm³/mol. The molecule has 0 saturated heterocycles. The normalized spacial score (nSPS) is 20.1. The summed E-state index contributed by atoms with van der Waals surface area (Å²) < 4.78 is 5.10. The Morgan fingerprint density at radius 2 is 2.04 bits per heavy atom. The van der Waals surface area contributed by atoms with E-state index in [0.717, 1.165) is 11.1 Å². The highest BCUT2D eigenvalue weighted by molar-refractivity contribution is 6.30.